The van der Waals surface area contributed by atoms with Crippen LogP contribution >= 0.6 is 0 Å². The van der Waals surface area contributed by atoms with E-state index in [0.717, 1.165) is 16.3 Å². The average molecular weight is 610 g/mol. The zero-order chi connectivity index (χ0) is 32.8. The number of carbonyl (C=O) groups excluding carboxylic acids is 3. The van der Waals surface area contributed by atoms with Crippen molar-refractivity contribution in [1.29, 1.82) is 0 Å². The first-order chi connectivity index (χ1) is 21.2. The Morgan fingerprint density at radius 1 is 0.667 bits per heavy atom. The molecule has 4 rings (SSSR count). The number of carbonyl (C=O) groups is 3. The van der Waals surface area contributed by atoms with E-state index in [-0.39, 0.29) is 11.7 Å². The Bertz CT molecular complexity index is 1650. The summed E-state index contributed by atoms with van der Waals surface area (Å²) in [6, 6.07) is 25.9. The van der Waals surface area contributed by atoms with E-state index in [4.69, 9.17) is 9.47 Å². The fourth-order valence-corrected chi connectivity index (χ4v) is 4.21. The van der Waals surface area contributed by atoms with Gasteiger partial charge in [0.1, 0.15) is 11.2 Å². The first-order valence-electron chi connectivity index (χ1n) is 14.5. The highest BCUT2D eigenvalue weighted by Crippen LogP contribution is 2.30. The van der Waals surface area contributed by atoms with Crippen LogP contribution in [0, 0.1) is 6.92 Å². The summed E-state index contributed by atoms with van der Waals surface area (Å²) in [5.74, 6) is -0.231. The molecule has 0 aliphatic heterocycles. The van der Waals surface area contributed by atoms with Crippen molar-refractivity contribution in [3.63, 3.8) is 0 Å². The first kappa shape index (κ1) is 32.5. The maximum atomic E-state index is 13.2. The number of para-hydroxylation sites is 1. The lowest BCUT2D eigenvalue weighted by molar-refractivity contribution is 0.0428. The molecule has 3 amide bonds. The molecule has 0 spiro atoms. The number of nitrogens with one attached hydrogen (secondary N) is 3. The molecule has 0 radical (unpaired) electrons. The molecule has 0 saturated carbocycles. The maximum Gasteiger partial charge on any atom is 0.425 e. The van der Waals surface area contributed by atoms with Crippen molar-refractivity contribution >= 4 is 52.3 Å². The smallest absolute Gasteiger partial charge is 0.425 e. The Kier molecular flexibility index (Phi) is 9.76. The van der Waals surface area contributed by atoms with Gasteiger partial charge in [0.15, 0.2) is 5.82 Å². The predicted molar refractivity (Wildman–Crippen MR) is 178 cm³/mol. The summed E-state index contributed by atoms with van der Waals surface area (Å²) in [4.78, 5) is 44.7. The zero-order valence-corrected chi connectivity index (χ0v) is 26.6. The topological polar surface area (TPSA) is 122 Å². The third kappa shape index (κ3) is 9.30. The number of amides is 3. The van der Waals surface area contributed by atoms with Gasteiger partial charge >= 0.3 is 12.2 Å². The highest BCUT2D eigenvalue weighted by Gasteiger charge is 2.35. The number of hydrogen-bond acceptors (Lipinski definition) is 8. The Morgan fingerprint density at radius 2 is 1.22 bits per heavy atom. The second-order valence-corrected chi connectivity index (χ2v) is 12.3. The molecular formula is C35H39N5O5. The third-order valence-electron chi connectivity index (χ3n) is 6.13. The third-order valence-corrected chi connectivity index (χ3v) is 6.13. The summed E-state index contributed by atoms with van der Waals surface area (Å²) in [6.45, 7) is 12.0. The minimum absolute atomic E-state index is 0.0568. The van der Waals surface area contributed by atoms with E-state index in [0.29, 0.717) is 28.2 Å². The monoisotopic (exact) mass is 609 g/mol. The van der Waals surface area contributed by atoms with Crippen LogP contribution in [0.1, 0.15) is 57.5 Å². The van der Waals surface area contributed by atoms with E-state index < -0.39 is 23.4 Å². The maximum absolute atomic E-state index is 13.2. The normalized spacial score (nSPS) is 11.3. The van der Waals surface area contributed by atoms with Crippen molar-refractivity contribution in [1.82, 2.24) is 4.98 Å². The van der Waals surface area contributed by atoms with Gasteiger partial charge in [-0.3, -0.25) is 4.79 Å². The van der Waals surface area contributed by atoms with Gasteiger partial charge in [0.2, 0.25) is 0 Å². The van der Waals surface area contributed by atoms with E-state index in [9.17, 15) is 14.4 Å². The van der Waals surface area contributed by atoms with Crippen molar-refractivity contribution in [2.75, 3.05) is 20.9 Å². The second-order valence-electron chi connectivity index (χ2n) is 12.3. The molecule has 10 nitrogen and oxygen atoms in total. The number of anilines is 6. The summed E-state index contributed by atoms with van der Waals surface area (Å²) in [5, 5.41) is 9.54. The molecule has 0 saturated heterocycles. The van der Waals surface area contributed by atoms with Crippen LogP contribution in [0.3, 0.4) is 0 Å². The fourth-order valence-electron chi connectivity index (χ4n) is 4.21. The molecule has 1 aromatic heterocycles. The van der Waals surface area contributed by atoms with Gasteiger partial charge in [-0.1, -0.05) is 30.3 Å². The molecule has 0 unspecified atom stereocenters. The summed E-state index contributed by atoms with van der Waals surface area (Å²) in [7, 11) is 0. The molecule has 45 heavy (non-hydrogen) atoms. The van der Waals surface area contributed by atoms with E-state index in [1.54, 1.807) is 78.8 Å². The van der Waals surface area contributed by atoms with Crippen LogP contribution in [0.4, 0.5) is 43.8 Å². The van der Waals surface area contributed by atoms with E-state index in [1.807, 2.05) is 54.6 Å². The van der Waals surface area contributed by atoms with Gasteiger partial charge in [-0.05, 0) is 103 Å². The van der Waals surface area contributed by atoms with Crippen molar-refractivity contribution in [3.05, 3.63) is 102 Å². The largest absolute Gasteiger partial charge is 0.443 e. The van der Waals surface area contributed by atoms with Gasteiger partial charge < -0.3 is 25.4 Å². The lowest BCUT2D eigenvalue weighted by Crippen LogP contribution is -2.44. The number of benzene rings is 3. The average Bonchev–Trinajstić information content (AvgIpc) is 2.94. The first-order valence-corrected chi connectivity index (χ1v) is 14.5. The number of rotatable bonds is 7. The van der Waals surface area contributed by atoms with Crippen LogP contribution in [-0.4, -0.2) is 34.3 Å². The molecule has 0 bridgehead atoms. The van der Waals surface area contributed by atoms with Crippen LogP contribution in [0.15, 0.2) is 91.1 Å². The van der Waals surface area contributed by atoms with E-state index >= 15 is 0 Å². The minimum atomic E-state index is -0.911. The summed E-state index contributed by atoms with van der Waals surface area (Å²) >= 11 is 0. The molecule has 0 aliphatic carbocycles. The Hall–Kier alpha value is -5.38. The molecule has 1 heterocycles. The SMILES string of the molecule is Cc1c(Nc2cccc(C(=O)Nc3cccc(Nc4ccccc4)c3)c2)ccnc1N(C(=O)OC(C)(C)C)C(=O)OC(C)(C)C. The quantitative estimate of drug-likeness (QED) is 0.190. The highest BCUT2D eigenvalue weighted by atomic mass is 16.6. The van der Waals surface area contributed by atoms with Crippen molar-refractivity contribution in [2.24, 2.45) is 0 Å². The highest BCUT2D eigenvalue weighted by molar-refractivity contribution is 6.10. The number of imide groups is 1. The minimum Gasteiger partial charge on any atom is -0.443 e. The number of pyridine rings is 1. The molecule has 0 fully saturated rings. The molecule has 3 N–H and O–H groups in total. The summed E-state index contributed by atoms with van der Waals surface area (Å²) in [6.07, 6.45) is -0.350. The van der Waals surface area contributed by atoms with Crippen LogP contribution in [0.2, 0.25) is 0 Å². The predicted octanol–water partition coefficient (Wildman–Crippen LogP) is 8.81. The van der Waals surface area contributed by atoms with Crippen molar-refractivity contribution in [3.8, 4) is 0 Å². The molecule has 0 aliphatic rings. The van der Waals surface area contributed by atoms with E-state index in [1.165, 1.54) is 6.20 Å². The lowest BCUT2D eigenvalue weighted by atomic mass is 10.1. The molecule has 10 heteroatoms. The molecule has 0 atom stereocenters. The summed E-state index contributed by atoms with van der Waals surface area (Å²) in [5.41, 5.74) is 2.80. The van der Waals surface area contributed by atoms with Gasteiger partial charge in [0.05, 0.1) is 0 Å². The van der Waals surface area contributed by atoms with E-state index in [2.05, 4.69) is 20.9 Å². The molecule has 234 valence electrons. The van der Waals surface area contributed by atoms with Gasteiger partial charge in [-0.25, -0.2) is 14.6 Å². The second kappa shape index (κ2) is 13.5. The number of ether oxygens (including phenoxy) is 2. The number of aromatic nitrogens is 1. The number of nitrogens with zero attached hydrogens (tertiary/aromatic N) is 2. The van der Waals surface area contributed by atoms with Gasteiger partial charge in [0.25, 0.3) is 5.91 Å². The standard InChI is InChI=1S/C35H39N5O5/c1-23-29(19-20-36-30(23)40(32(42)44-34(2,3)4)33(43)45-35(5,6)7)38-26-16-11-13-24(21-26)31(41)39-28-18-12-17-27(22-28)37-25-14-9-8-10-15-25/h8-22,37H,1-7H3,(H,36,38)(H,39,41). The van der Waals surface area contributed by atoms with Crippen LogP contribution < -0.4 is 20.9 Å². The molecule has 4 aromatic rings. The van der Waals surface area contributed by atoms with Crippen LogP contribution in [0.5, 0.6) is 0 Å². The zero-order valence-electron chi connectivity index (χ0n) is 26.6. The fraction of sp³-hybridized carbons (Fsp3) is 0.257. The van der Waals surface area contributed by atoms with Crippen molar-refractivity contribution in [2.45, 2.75) is 59.7 Å². The molecule has 3 aromatic carbocycles. The van der Waals surface area contributed by atoms with Crippen LogP contribution in [0.25, 0.3) is 0 Å². The Balaban J connectivity index is 1.54. The summed E-state index contributed by atoms with van der Waals surface area (Å²) < 4.78 is 11.0. The van der Waals surface area contributed by atoms with Crippen LogP contribution in [-0.2, 0) is 9.47 Å². The van der Waals surface area contributed by atoms with Gasteiger partial charge in [0, 0.05) is 45.8 Å². The molecular weight excluding hydrogens is 570 g/mol. The number of hydrogen-bond donors (Lipinski definition) is 3. The van der Waals surface area contributed by atoms with Gasteiger partial charge in [-0.2, -0.15) is 4.90 Å². The van der Waals surface area contributed by atoms with Crippen molar-refractivity contribution < 1.29 is 23.9 Å². The Morgan fingerprint density at radius 3 is 1.84 bits per heavy atom. The van der Waals surface area contributed by atoms with Gasteiger partial charge in [-0.15, -0.1) is 0 Å². The Labute approximate surface area is 263 Å². The lowest BCUT2D eigenvalue weighted by Gasteiger charge is -2.29.